The second-order valence-electron chi connectivity index (χ2n) is 5.75. The average Bonchev–Trinajstić information content (AvgIpc) is 2.54. The van der Waals surface area contributed by atoms with Crippen molar-refractivity contribution in [2.45, 2.75) is 37.5 Å². The minimum atomic E-state index is -0.449. The number of ketones is 1. The minimum Gasteiger partial charge on any atom is -0.345 e. The zero-order valence-electron chi connectivity index (χ0n) is 11.3. The van der Waals surface area contributed by atoms with Gasteiger partial charge in [-0.25, -0.2) is 0 Å². The molecule has 0 atom stereocenters. The molecule has 1 heterocycles. The van der Waals surface area contributed by atoms with E-state index in [0.29, 0.717) is 31.5 Å². The lowest BCUT2D eigenvalue weighted by molar-refractivity contribution is -0.138. The molecule has 1 amide bonds. The molecule has 19 heavy (non-hydrogen) atoms. The third-order valence-corrected chi connectivity index (χ3v) is 4.67. The van der Waals surface area contributed by atoms with Crippen LogP contribution in [0.25, 0.3) is 0 Å². The van der Waals surface area contributed by atoms with Crippen LogP contribution in [0.1, 0.15) is 36.8 Å². The van der Waals surface area contributed by atoms with E-state index >= 15 is 0 Å². The van der Waals surface area contributed by atoms with Crippen LogP contribution in [0.3, 0.4) is 0 Å². The summed E-state index contributed by atoms with van der Waals surface area (Å²) in [6.07, 6.45) is 3.33. The summed E-state index contributed by atoms with van der Waals surface area (Å²) in [7, 11) is 1.88. The lowest BCUT2D eigenvalue weighted by Gasteiger charge is -2.37. The maximum Gasteiger partial charge on any atom is 0.233 e. The third kappa shape index (κ3) is 1.88. The van der Waals surface area contributed by atoms with E-state index in [-0.39, 0.29) is 5.91 Å². The summed E-state index contributed by atoms with van der Waals surface area (Å²) >= 11 is 0. The fraction of sp³-hybridized carbons (Fsp3) is 0.500. The van der Waals surface area contributed by atoms with Gasteiger partial charge in [-0.15, -0.1) is 0 Å². The highest BCUT2D eigenvalue weighted by Gasteiger charge is 2.46. The van der Waals surface area contributed by atoms with Crippen LogP contribution in [0.5, 0.6) is 0 Å². The first-order chi connectivity index (χ1) is 9.13. The highest BCUT2D eigenvalue weighted by molar-refractivity contribution is 5.92. The minimum absolute atomic E-state index is 0.199. The van der Waals surface area contributed by atoms with Gasteiger partial charge in [0, 0.05) is 26.4 Å². The summed E-state index contributed by atoms with van der Waals surface area (Å²) in [5.74, 6) is 0.493. The van der Waals surface area contributed by atoms with E-state index in [1.165, 1.54) is 5.56 Å². The van der Waals surface area contributed by atoms with Crippen molar-refractivity contribution >= 4 is 11.7 Å². The quantitative estimate of drug-likeness (QED) is 0.713. The van der Waals surface area contributed by atoms with Crippen molar-refractivity contribution in [1.82, 2.24) is 4.90 Å². The van der Waals surface area contributed by atoms with Gasteiger partial charge in [0.25, 0.3) is 0 Å². The number of nitrogens with zero attached hydrogens (tertiary/aromatic N) is 1. The van der Waals surface area contributed by atoms with Crippen molar-refractivity contribution in [2.75, 3.05) is 13.6 Å². The third-order valence-electron chi connectivity index (χ3n) is 4.67. The zero-order chi connectivity index (χ0) is 13.5. The number of hydrogen-bond donors (Lipinski definition) is 0. The number of hydrogen-bond acceptors (Lipinski definition) is 2. The Morgan fingerprint density at radius 2 is 1.74 bits per heavy atom. The van der Waals surface area contributed by atoms with E-state index in [0.717, 1.165) is 18.5 Å². The van der Waals surface area contributed by atoms with Gasteiger partial charge in [-0.3, -0.25) is 9.59 Å². The number of likely N-dealkylation sites (N-methyl/N-ethyl adjacent to an activating group) is 1. The summed E-state index contributed by atoms with van der Waals surface area (Å²) in [4.78, 5) is 26.2. The van der Waals surface area contributed by atoms with E-state index in [4.69, 9.17) is 0 Å². The van der Waals surface area contributed by atoms with Crippen LogP contribution in [0.4, 0.5) is 0 Å². The topological polar surface area (TPSA) is 37.4 Å². The molecule has 0 N–H and O–H groups in total. The first-order valence-corrected chi connectivity index (χ1v) is 6.99. The van der Waals surface area contributed by atoms with Crippen molar-refractivity contribution in [2.24, 2.45) is 0 Å². The largest absolute Gasteiger partial charge is 0.345 e. The van der Waals surface area contributed by atoms with Gasteiger partial charge in [0.15, 0.2) is 0 Å². The van der Waals surface area contributed by atoms with Crippen LogP contribution in [-0.4, -0.2) is 30.2 Å². The van der Waals surface area contributed by atoms with Gasteiger partial charge >= 0.3 is 0 Å². The fourth-order valence-corrected chi connectivity index (χ4v) is 3.51. The molecular weight excluding hydrogens is 238 g/mol. The van der Waals surface area contributed by atoms with Crippen LogP contribution in [0, 0.1) is 0 Å². The summed E-state index contributed by atoms with van der Waals surface area (Å²) in [6.45, 7) is 0.769. The number of amides is 1. The van der Waals surface area contributed by atoms with E-state index in [1.54, 1.807) is 0 Å². The molecule has 0 saturated heterocycles. The van der Waals surface area contributed by atoms with Gasteiger partial charge in [0.1, 0.15) is 5.78 Å². The second kappa shape index (κ2) is 4.48. The molecule has 0 aromatic heterocycles. The average molecular weight is 257 g/mol. The monoisotopic (exact) mass is 257 g/mol. The normalized spacial score (nSPS) is 22.3. The molecule has 100 valence electrons. The number of carbonyl (C=O) groups excluding carboxylic acids is 2. The van der Waals surface area contributed by atoms with Gasteiger partial charge in [-0.2, -0.15) is 0 Å². The molecule has 1 fully saturated rings. The summed E-state index contributed by atoms with van der Waals surface area (Å²) < 4.78 is 0. The van der Waals surface area contributed by atoms with Crippen LogP contribution in [0.15, 0.2) is 24.3 Å². The van der Waals surface area contributed by atoms with Crippen molar-refractivity contribution < 1.29 is 9.59 Å². The van der Waals surface area contributed by atoms with Crippen LogP contribution in [0.2, 0.25) is 0 Å². The maximum absolute atomic E-state index is 12.8. The Morgan fingerprint density at radius 3 is 2.47 bits per heavy atom. The number of fused-ring (bicyclic) bond motifs is 2. The van der Waals surface area contributed by atoms with Gasteiger partial charge < -0.3 is 4.90 Å². The van der Waals surface area contributed by atoms with Crippen LogP contribution < -0.4 is 0 Å². The molecule has 0 bridgehead atoms. The van der Waals surface area contributed by atoms with Gasteiger partial charge in [-0.05, 0) is 30.4 Å². The first-order valence-electron chi connectivity index (χ1n) is 6.99. The molecule has 1 saturated carbocycles. The zero-order valence-corrected chi connectivity index (χ0v) is 11.3. The number of benzene rings is 1. The highest BCUT2D eigenvalue weighted by atomic mass is 16.2. The SMILES string of the molecule is CN1CCc2ccccc2C2(CCC(=O)CC2)C1=O. The van der Waals surface area contributed by atoms with E-state index in [9.17, 15) is 9.59 Å². The first kappa shape index (κ1) is 12.4. The summed E-state index contributed by atoms with van der Waals surface area (Å²) in [6, 6.07) is 8.26. The molecule has 3 nitrogen and oxygen atoms in total. The van der Waals surface area contributed by atoms with E-state index in [1.807, 2.05) is 24.1 Å². The van der Waals surface area contributed by atoms with Crippen LogP contribution >= 0.6 is 0 Å². The summed E-state index contributed by atoms with van der Waals surface area (Å²) in [5, 5.41) is 0. The van der Waals surface area contributed by atoms with Crippen molar-refractivity contribution in [1.29, 1.82) is 0 Å². The molecule has 0 unspecified atom stereocenters. The Kier molecular flexibility index (Phi) is 2.92. The predicted octanol–water partition coefficient (Wildman–Crippen LogP) is 2.08. The van der Waals surface area contributed by atoms with Crippen molar-refractivity contribution in [3.05, 3.63) is 35.4 Å². The maximum atomic E-state index is 12.8. The molecule has 3 heteroatoms. The molecule has 2 aliphatic rings. The van der Waals surface area contributed by atoms with Gasteiger partial charge in [0.2, 0.25) is 5.91 Å². The second-order valence-corrected chi connectivity index (χ2v) is 5.75. The van der Waals surface area contributed by atoms with Crippen molar-refractivity contribution in [3.63, 3.8) is 0 Å². The Hall–Kier alpha value is -1.64. The molecule has 0 radical (unpaired) electrons. The van der Waals surface area contributed by atoms with Gasteiger partial charge in [-0.1, -0.05) is 24.3 Å². The Labute approximate surface area is 113 Å². The Morgan fingerprint density at radius 1 is 1.05 bits per heavy atom. The molecule has 1 aliphatic heterocycles. The molecule has 1 aromatic carbocycles. The van der Waals surface area contributed by atoms with Crippen LogP contribution in [-0.2, 0) is 21.4 Å². The molecule has 1 aromatic rings. The van der Waals surface area contributed by atoms with Gasteiger partial charge in [0.05, 0.1) is 5.41 Å². The number of rotatable bonds is 0. The Bertz CT molecular complexity index is 525. The Balaban J connectivity index is 2.12. The lowest BCUT2D eigenvalue weighted by Crippen LogP contribution is -2.46. The lowest BCUT2D eigenvalue weighted by atomic mass is 9.67. The van der Waals surface area contributed by atoms with E-state index < -0.39 is 5.41 Å². The summed E-state index contributed by atoms with van der Waals surface area (Å²) in [5.41, 5.74) is 1.99. The fourth-order valence-electron chi connectivity index (χ4n) is 3.51. The highest BCUT2D eigenvalue weighted by Crippen LogP contribution is 2.42. The predicted molar refractivity (Wildman–Crippen MR) is 72.9 cm³/mol. The molecule has 1 spiro atoms. The van der Waals surface area contributed by atoms with Crippen molar-refractivity contribution in [3.8, 4) is 0 Å². The molecule has 3 rings (SSSR count). The number of carbonyl (C=O) groups is 2. The smallest absolute Gasteiger partial charge is 0.233 e. The number of Topliss-reactive ketones (excluding diaryl/α,β-unsaturated/α-hetero) is 1. The molecule has 1 aliphatic carbocycles. The standard InChI is InChI=1S/C16H19NO2/c1-17-11-8-12-4-2-3-5-14(12)16(15(17)19)9-6-13(18)7-10-16/h2-5H,6-11H2,1H3. The van der Waals surface area contributed by atoms with E-state index in [2.05, 4.69) is 12.1 Å². The molecular formula is C16H19NO2.